The number of thioether (sulfide) groups is 3. The molecule has 8 nitrogen and oxygen atoms in total. The molecule has 17 heteroatoms. The lowest BCUT2D eigenvalue weighted by Gasteiger charge is -2.45. The van der Waals surface area contributed by atoms with E-state index in [1.165, 1.54) is 82.2 Å². The van der Waals surface area contributed by atoms with E-state index in [1.54, 1.807) is 71.1 Å². The van der Waals surface area contributed by atoms with E-state index in [0.29, 0.717) is 0 Å². The van der Waals surface area contributed by atoms with Gasteiger partial charge in [0.05, 0.1) is 17.1 Å². The minimum absolute atomic E-state index is 0.0517. The number of ether oxygens (including phenoxy) is 2. The average Bonchev–Trinajstić information content (AvgIpc) is 3.32. The fraction of sp³-hybridized carbons (Fsp3) is 0.130. The number of fused-ring (bicyclic) bond motifs is 12. The quantitative estimate of drug-likeness (QED) is 0.110. The van der Waals surface area contributed by atoms with E-state index >= 15 is 0 Å². The Morgan fingerprint density at radius 1 is 0.429 bits per heavy atom. The number of anilines is 8. The molecule has 306 valence electrons. The molecular formula is C46H35B3N6O2S6. The van der Waals surface area contributed by atoms with Crippen molar-refractivity contribution in [2.45, 2.75) is 14.7 Å². The van der Waals surface area contributed by atoms with Crippen LogP contribution in [0.2, 0.25) is 0 Å². The van der Waals surface area contributed by atoms with E-state index in [1.807, 2.05) is 36.9 Å². The molecule has 13 rings (SSSR count). The first-order valence-electron chi connectivity index (χ1n) is 20.5. The molecule has 0 amide bonds. The van der Waals surface area contributed by atoms with Crippen molar-refractivity contribution in [3.05, 3.63) is 97.6 Å². The maximum absolute atomic E-state index is 6.75. The number of benzene rings is 5. The van der Waals surface area contributed by atoms with Crippen LogP contribution in [-0.4, -0.2) is 67.6 Å². The van der Waals surface area contributed by atoms with Crippen LogP contribution in [0.5, 0.6) is 23.0 Å². The topological polar surface area (TPSA) is 66.0 Å². The maximum Gasteiger partial charge on any atom is 0.258 e. The van der Waals surface area contributed by atoms with Gasteiger partial charge < -0.3 is 14.8 Å². The molecule has 0 aliphatic carbocycles. The highest BCUT2D eigenvalue weighted by Gasteiger charge is 2.49. The Morgan fingerprint density at radius 3 is 1.44 bits per heavy atom. The van der Waals surface area contributed by atoms with E-state index in [9.17, 15) is 0 Å². The Morgan fingerprint density at radius 2 is 0.889 bits per heavy atom. The van der Waals surface area contributed by atoms with Crippen LogP contribution >= 0.6 is 71.1 Å². The second kappa shape index (κ2) is 14.5. The van der Waals surface area contributed by atoms with Crippen LogP contribution < -0.4 is 76.9 Å². The van der Waals surface area contributed by atoms with Crippen LogP contribution in [0.1, 0.15) is 0 Å². The molecule has 0 spiro atoms. The van der Waals surface area contributed by atoms with Crippen LogP contribution in [0.4, 0.5) is 45.5 Å². The van der Waals surface area contributed by atoms with Crippen molar-refractivity contribution in [2.24, 2.45) is 0 Å². The number of nitrogens with one attached hydrogen (secondary N) is 1. The van der Waals surface area contributed by atoms with Crippen molar-refractivity contribution >= 4 is 186 Å². The number of aromatic nitrogens is 2. The second-order valence-electron chi connectivity index (χ2n) is 16.1. The van der Waals surface area contributed by atoms with Crippen LogP contribution in [0.3, 0.4) is 0 Å². The highest BCUT2D eigenvalue weighted by atomic mass is 32.2. The van der Waals surface area contributed by atoms with Crippen molar-refractivity contribution in [1.82, 2.24) is 9.97 Å². The van der Waals surface area contributed by atoms with Crippen molar-refractivity contribution in [3.63, 3.8) is 0 Å². The zero-order valence-corrected chi connectivity index (χ0v) is 39.9. The summed E-state index contributed by atoms with van der Waals surface area (Å²) in [6.07, 6.45) is 20.7. The monoisotopic (exact) mass is 928 g/mol. The summed E-state index contributed by atoms with van der Waals surface area (Å²) in [4.78, 5) is 12.9. The van der Waals surface area contributed by atoms with Crippen molar-refractivity contribution in [3.8, 4) is 23.0 Å². The van der Waals surface area contributed by atoms with E-state index in [2.05, 4.69) is 121 Å². The molecule has 1 N–H and O–H groups in total. The average molecular weight is 929 g/mol. The highest BCUT2D eigenvalue weighted by Crippen LogP contribution is 2.48. The summed E-state index contributed by atoms with van der Waals surface area (Å²) in [5.41, 5.74) is 20.4. The summed E-state index contributed by atoms with van der Waals surface area (Å²) >= 11 is 10.6. The summed E-state index contributed by atoms with van der Waals surface area (Å²) in [6.45, 7) is -0.161. The number of rotatable bonds is 6. The first-order valence-corrected chi connectivity index (χ1v) is 27.7. The van der Waals surface area contributed by atoms with E-state index in [0.717, 1.165) is 50.2 Å². The van der Waals surface area contributed by atoms with Gasteiger partial charge in [-0.15, -0.1) is 35.3 Å². The first-order chi connectivity index (χ1) is 30.9. The predicted molar refractivity (Wildman–Crippen MR) is 280 cm³/mol. The SMILES string of the molecule is CSc1cc2c3c(c1)Oc1ccncc1B3c1cc3c(cc1N2)N(SC)c1cc(SC)cc2c1B3c1cc3c(cc1N2SC)N(SC)c1cc(SC)cc2c1B3c1cnccc1O2. The third kappa shape index (κ3) is 5.38. The van der Waals surface area contributed by atoms with Gasteiger partial charge in [0.1, 0.15) is 23.0 Å². The molecule has 6 aliphatic heterocycles. The summed E-state index contributed by atoms with van der Waals surface area (Å²) in [7, 11) is 0. The molecule has 0 saturated carbocycles. The highest BCUT2D eigenvalue weighted by molar-refractivity contribution is 8.01. The molecule has 0 bridgehead atoms. The molecule has 7 aromatic rings. The van der Waals surface area contributed by atoms with E-state index < -0.39 is 0 Å². The zero-order chi connectivity index (χ0) is 42.4. The van der Waals surface area contributed by atoms with Crippen molar-refractivity contribution in [1.29, 1.82) is 0 Å². The molecule has 8 heterocycles. The third-order valence-corrected chi connectivity index (χ3v) is 17.7. The predicted octanol–water partition coefficient (Wildman–Crippen LogP) is 6.65. The van der Waals surface area contributed by atoms with Crippen LogP contribution in [0.25, 0.3) is 0 Å². The number of hydrogen-bond acceptors (Lipinski definition) is 14. The first kappa shape index (κ1) is 38.9. The third-order valence-electron chi connectivity index (χ3n) is 13.3. The fourth-order valence-electron chi connectivity index (χ4n) is 10.8. The van der Waals surface area contributed by atoms with Gasteiger partial charge in [0.15, 0.2) is 0 Å². The lowest BCUT2D eigenvalue weighted by atomic mass is 9.29. The Balaban J connectivity index is 1.10. The maximum atomic E-state index is 6.75. The summed E-state index contributed by atoms with van der Waals surface area (Å²) in [5, 5.41) is 3.93. The lowest BCUT2D eigenvalue weighted by molar-refractivity contribution is 0.485. The normalized spacial score (nSPS) is 14.8. The number of hydrogen-bond donors (Lipinski definition) is 1. The smallest absolute Gasteiger partial charge is 0.258 e. The molecule has 2 aromatic heterocycles. The lowest BCUT2D eigenvalue weighted by Crippen LogP contribution is -2.65. The molecular weight excluding hydrogens is 893 g/mol. The van der Waals surface area contributed by atoms with Gasteiger partial charge in [-0.3, -0.25) is 22.9 Å². The van der Waals surface area contributed by atoms with Crippen molar-refractivity contribution in [2.75, 3.05) is 55.8 Å². The van der Waals surface area contributed by atoms with Gasteiger partial charge in [0.25, 0.3) is 20.1 Å². The number of nitrogens with zero attached hydrogens (tertiary/aromatic N) is 5. The van der Waals surface area contributed by atoms with Gasteiger partial charge in [-0.1, -0.05) is 12.1 Å². The molecule has 0 atom stereocenters. The molecule has 5 aromatic carbocycles. The Bertz CT molecular complexity index is 3180. The van der Waals surface area contributed by atoms with Gasteiger partial charge >= 0.3 is 0 Å². The van der Waals surface area contributed by atoms with Gasteiger partial charge in [-0.25, -0.2) is 0 Å². The second-order valence-corrected chi connectivity index (χ2v) is 20.9. The Kier molecular flexibility index (Phi) is 8.96. The Hall–Kier alpha value is -4.51. The van der Waals surface area contributed by atoms with E-state index in [4.69, 9.17) is 14.5 Å². The standard InChI is InChI=1S/C46H35B3N6O2S6/c1-58-23-11-33-44-42(15-23)56-40-7-9-50-21-30(40)47(44)26-17-27-34(19-32(26)52-33)53(61-4)37-12-24(59-2)13-38-45(37)48(27)28-18-29-36(20-35(28)54(38)62-5)55(63-6)39-14-25(60-3)16-43-46(39)49(29)31-22-51-10-8-41(31)57-43/h7-22,52H,1-6H3. The van der Waals surface area contributed by atoms with Gasteiger partial charge in [0.2, 0.25) is 0 Å². The summed E-state index contributed by atoms with van der Waals surface area (Å²) in [6, 6.07) is 27.8. The molecule has 0 saturated heterocycles. The Labute approximate surface area is 393 Å². The molecule has 6 aliphatic rings. The number of pyridine rings is 2. The summed E-state index contributed by atoms with van der Waals surface area (Å²) < 4.78 is 20.8. The van der Waals surface area contributed by atoms with Gasteiger partial charge in [-0.2, -0.15) is 0 Å². The molecule has 63 heavy (non-hydrogen) atoms. The zero-order valence-electron chi connectivity index (χ0n) is 35.0. The van der Waals surface area contributed by atoms with Crippen LogP contribution in [0, 0.1) is 0 Å². The molecule has 0 unspecified atom stereocenters. The van der Waals surface area contributed by atoms with Gasteiger partial charge in [0, 0.05) is 86.7 Å². The molecule has 0 fully saturated rings. The van der Waals surface area contributed by atoms with E-state index in [-0.39, 0.29) is 20.1 Å². The fourth-order valence-corrected chi connectivity index (χ4v) is 14.3. The van der Waals surface area contributed by atoms with Crippen LogP contribution in [0.15, 0.2) is 112 Å². The van der Waals surface area contributed by atoms with Crippen LogP contribution in [-0.2, 0) is 0 Å². The largest absolute Gasteiger partial charge is 0.458 e. The molecule has 0 radical (unpaired) electrons. The minimum atomic E-state index is -0.0552. The summed E-state index contributed by atoms with van der Waals surface area (Å²) in [5.74, 6) is 3.54. The van der Waals surface area contributed by atoms with Crippen molar-refractivity contribution < 1.29 is 9.47 Å². The minimum Gasteiger partial charge on any atom is -0.458 e. The van der Waals surface area contributed by atoms with Gasteiger partial charge in [-0.05, 0) is 164 Å².